The number of rotatable bonds is 15. The zero-order valence-corrected chi connectivity index (χ0v) is 17.3. The number of unbranched alkanes of at least 4 members (excludes halogenated alkanes) is 3. The van der Waals surface area contributed by atoms with Gasteiger partial charge >= 0.3 is 8.80 Å². The summed E-state index contributed by atoms with van der Waals surface area (Å²) in [6.07, 6.45) is 7.24. The zero-order valence-electron chi connectivity index (χ0n) is 16.3. The second-order valence-electron chi connectivity index (χ2n) is 6.46. The summed E-state index contributed by atoms with van der Waals surface area (Å²) in [5.74, 6) is 0.296. The van der Waals surface area contributed by atoms with Crippen LogP contribution >= 0.6 is 0 Å². The van der Waals surface area contributed by atoms with E-state index in [2.05, 4.69) is 20.8 Å². The molecule has 0 amide bonds. The van der Waals surface area contributed by atoms with Gasteiger partial charge in [0.15, 0.2) is 0 Å². The number of aromatic hydroxyl groups is 1. The van der Waals surface area contributed by atoms with Crippen molar-refractivity contribution in [2.75, 3.05) is 19.8 Å². The molecule has 0 fully saturated rings. The molecule has 0 heterocycles. The van der Waals surface area contributed by atoms with Gasteiger partial charge in [-0.05, 0) is 43.4 Å². The summed E-state index contributed by atoms with van der Waals surface area (Å²) in [6.45, 7) is 8.61. The van der Waals surface area contributed by atoms with E-state index in [-0.39, 0.29) is 0 Å². The van der Waals surface area contributed by atoms with Gasteiger partial charge in [0.25, 0.3) is 0 Å². The van der Waals surface area contributed by atoms with Crippen molar-refractivity contribution < 1.29 is 18.4 Å². The van der Waals surface area contributed by atoms with Crippen LogP contribution in [0.2, 0.25) is 6.04 Å². The predicted octanol–water partition coefficient (Wildman–Crippen LogP) is 5.32. The summed E-state index contributed by atoms with van der Waals surface area (Å²) in [4.78, 5) is 0. The molecule has 0 aromatic heterocycles. The van der Waals surface area contributed by atoms with Crippen molar-refractivity contribution in [2.45, 2.75) is 71.8 Å². The maximum Gasteiger partial charge on any atom is 0.501 e. The Labute approximate surface area is 154 Å². The van der Waals surface area contributed by atoms with E-state index in [1.165, 1.54) is 5.56 Å². The molecule has 0 unspecified atom stereocenters. The molecule has 144 valence electrons. The zero-order chi connectivity index (χ0) is 18.4. The lowest BCUT2D eigenvalue weighted by molar-refractivity contribution is 0.0564. The molecule has 0 aliphatic carbocycles. The molecule has 1 N–H and O–H groups in total. The van der Waals surface area contributed by atoms with E-state index in [9.17, 15) is 5.11 Å². The van der Waals surface area contributed by atoms with Crippen molar-refractivity contribution in [3.8, 4) is 5.75 Å². The Morgan fingerprint density at radius 3 is 1.60 bits per heavy atom. The minimum atomic E-state index is -2.67. The molecule has 0 saturated heterocycles. The first kappa shape index (κ1) is 22.2. The van der Waals surface area contributed by atoms with Crippen molar-refractivity contribution in [1.29, 1.82) is 0 Å². The van der Waals surface area contributed by atoms with Crippen LogP contribution in [-0.2, 0) is 19.7 Å². The molecule has 1 aromatic rings. The van der Waals surface area contributed by atoms with E-state index in [1.807, 2.05) is 12.1 Å². The molecule has 1 rings (SSSR count). The van der Waals surface area contributed by atoms with Crippen LogP contribution in [-0.4, -0.2) is 33.7 Å². The number of hydrogen-bond acceptors (Lipinski definition) is 4. The van der Waals surface area contributed by atoms with Crippen molar-refractivity contribution in [1.82, 2.24) is 0 Å². The number of phenolic OH excluding ortho intramolecular Hbond substituents is 1. The van der Waals surface area contributed by atoms with Gasteiger partial charge in [-0.1, -0.05) is 52.2 Å². The van der Waals surface area contributed by atoms with Gasteiger partial charge in [0, 0.05) is 25.9 Å². The molecule has 0 bridgehead atoms. The van der Waals surface area contributed by atoms with Crippen LogP contribution in [0.1, 0.15) is 64.9 Å². The van der Waals surface area contributed by atoms with Crippen LogP contribution < -0.4 is 0 Å². The molecular weight excluding hydrogens is 332 g/mol. The summed E-state index contributed by atoms with van der Waals surface area (Å²) in [7, 11) is -2.67. The van der Waals surface area contributed by atoms with Crippen LogP contribution in [0.5, 0.6) is 5.75 Å². The normalized spacial score (nSPS) is 11.8. The van der Waals surface area contributed by atoms with E-state index in [0.717, 1.165) is 51.0 Å². The minimum Gasteiger partial charge on any atom is -0.508 e. The van der Waals surface area contributed by atoms with Crippen LogP contribution in [0.15, 0.2) is 24.3 Å². The first-order valence-corrected chi connectivity index (χ1v) is 11.8. The lowest BCUT2D eigenvalue weighted by Gasteiger charge is -2.30. The fourth-order valence-corrected chi connectivity index (χ4v) is 5.06. The molecule has 0 atom stereocenters. The van der Waals surface area contributed by atoms with Crippen molar-refractivity contribution >= 4 is 8.80 Å². The highest BCUT2D eigenvalue weighted by molar-refractivity contribution is 6.60. The molecular formula is C20H36O4Si. The maximum atomic E-state index is 9.45. The maximum absolute atomic E-state index is 9.45. The van der Waals surface area contributed by atoms with Crippen LogP contribution in [0.4, 0.5) is 0 Å². The van der Waals surface area contributed by atoms with Crippen LogP contribution in [0.3, 0.4) is 0 Å². The molecule has 0 spiro atoms. The molecule has 5 heteroatoms. The lowest BCUT2D eigenvalue weighted by Crippen LogP contribution is -2.47. The van der Waals surface area contributed by atoms with E-state index in [4.69, 9.17) is 13.3 Å². The average Bonchev–Trinajstić information content (AvgIpc) is 2.62. The third-order valence-corrected chi connectivity index (χ3v) is 6.91. The summed E-state index contributed by atoms with van der Waals surface area (Å²) >= 11 is 0. The number of aryl methyl sites for hydroxylation is 1. The van der Waals surface area contributed by atoms with Crippen molar-refractivity contribution in [2.24, 2.45) is 0 Å². The Bertz CT molecular complexity index is 409. The summed E-state index contributed by atoms with van der Waals surface area (Å²) in [6, 6.07) is 8.16. The number of phenols is 1. The van der Waals surface area contributed by atoms with Gasteiger partial charge in [-0.2, -0.15) is 0 Å². The molecule has 0 aliphatic rings. The van der Waals surface area contributed by atoms with Crippen molar-refractivity contribution in [3.05, 3.63) is 29.8 Å². The quantitative estimate of drug-likeness (QED) is 0.336. The molecule has 25 heavy (non-hydrogen) atoms. The second-order valence-corrected chi connectivity index (χ2v) is 9.19. The van der Waals surface area contributed by atoms with Gasteiger partial charge in [0.1, 0.15) is 5.75 Å². The van der Waals surface area contributed by atoms with Crippen LogP contribution in [0, 0.1) is 0 Å². The Morgan fingerprint density at radius 1 is 0.760 bits per heavy atom. The Morgan fingerprint density at radius 2 is 1.20 bits per heavy atom. The van der Waals surface area contributed by atoms with Crippen molar-refractivity contribution in [3.63, 3.8) is 0 Å². The molecule has 1 aromatic carbocycles. The van der Waals surface area contributed by atoms with E-state index in [0.29, 0.717) is 25.6 Å². The van der Waals surface area contributed by atoms with Gasteiger partial charge in [-0.15, -0.1) is 0 Å². The monoisotopic (exact) mass is 368 g/mol. The first-order chi connectivity index (χ1) is 12.2. The van der Waals surface area contributed by atoms with Gasteiger partial charge in [0.2, 0.25) is 0 Å². The Hall–Kier alpha value is -0.883. The van der Waals surface area contributed by atoms with Gasteiger partial charge in [-0.3, -0.25) is 0 Å². The third-order valence-electron chi connectivity index (χ3n) is 4.12. The van der Waals surface area contributed by atoms with Gasteiger partial charge < -0.3 is 18.4 Å². The Kier molecular flexibility index (Phi) is 11.8. The predicted molar refractivity (Wildman–Crippen MR) is 105 cm³/mol. The number of hydrogen-bond donors (Lipinski definition) is 1. The van der Waals surface area contributed by atoms with Gasteiger partial charge in [-0.25, -0.2) is 0 Å². The molecule has 0 saturated carbocycles. The third kappa shape index (κ3) is 9.40. The highest BCUT2D eigenvalue weighted by Gasteiger charge is 2.40. The van der Waals surface area contributed by atoms with Crippen LogP contribution in [0.25, 0.3) is 0 Å². The lowest BCUT2D eigenvalue weighted by atomic mass is 10.2. The smallest absolute Gasteiger partial charge is 0.501 e. The topological polar surface area (TPSA) is 47.9 Å². The standard InChI is InChI=1S/C20H36O4Si/c1-4-7-15-22-25(23-16-8-5-2,24-17-9-6-3)18-14-19-10-12-20(21)13-11-19/h10-13,21H,4-9,14-18H2,1-3H3. The average molecular weight is 369 g/mol. The highest BCUT2D eigenvalue weighted by atomic mass is 28.4. The fourth-order valence-electron chi connectivity index (χ4n) is 2.42. The van der Waals surface area contributed by atoms with Gasteiger partial charge in [0.05, 0.1) is 0 Å². The second kappa shape index (κ2) is 13.3. The van der Waals surface area contributed by atoms with E-state index < -0.39 is 8.80 Å². The van der Waals surface area contributed by atoms with E-state index >= 15 is 0 Å². The summed E-state index contributed by atoms with van der Waals surface area (Å²) < 4.78 is 18.8. The van der Waals surface area contributed by atoms with E-state index in [1.54, 1.807) is 12.1 Å². The molecule has 4 nitrogen and oxygen atoms in total. The largest absolute Gasteiger partial charge is 0.508 e. The molecule has 0 radical (unpaired) electrons. The number of benzene rings is 1. The SMILES string of the molecule is CCCCO[Si](CCc1ccc(O)cc1)(OCCCC)OCCCC. The highest BCUT2D eigenvalue weighted by Crippen LogP contribution is 2.22. The summed E-state index contributed by atoms with van der Waals surface area (Å²) in [5.41, 5.74) is 1.17. The first-order valence-electron chi connectivity index (χ1n) is 9.85. The molecule has 0 aliphatic heterocycles. The Balaban J connectivity index is 2.75. The fraction of sp³-hybridized carbons (Fsp3) is 0.700. The summed E-state index contributed by atoms with van der Waals surface area (Å²) in [5, 5.41) is 9.45. The minimum absolute atomic E-state index is 0.296.